The van der Waals surface area contributed by atoms with Crippen LogP contribution in [0, 0.1) is 0 Å². The highest BCUT2D eigenvalue weighted by atomic mass is 32.2. The molecule has 0 unspecified atom stereocenters. The highest BCUT2D eigenvalue weighted by molar-refractivity contribution is 7.99. The van der Waals surface area contributed by atoms with E-state index in [2.05, 4.69) is 48.3 Å². The molecule has 1 aromatic carbocycles. The molecule has 5 heteroatoms. The van der Waals surface area contributed by atoms with Crippen LogP contribution in [0.5, 0.6) is 0 Å². The Bertz CT molecular complexity index is 609. The van der Waals surface area contributed by atoms with Gasteiger partial charge in [-0.3, -0.25) is 4.98 Å². The first-order valence-electron chi connectivity index (χ1n) is 6.32. The summed E-state index contributed by atoms with van der Waals surface area (Å²) in [6.07, 6.45) is 1.62. The number of rotatable bonds is 4. The van der Waals surface area contributed by atoms with Crippen molar-refractivity contribution in [3.05, 3.63) is 53.9 Å². The Labute approximate surface area is 122 Å². The van der Waals surface area contributed by atoms with Gasteiger partial charge in [0, 0.05) is 16.0 Å². The zero-order chi connectivity index (χ0) is 14.5. The summed E-state index contributed by atoms with van der Waals surface area (Å²) >= 11 is 1.54. The minimum Gasteiger partial charge on any atom is -0.409 e. The van der Waals surface area contributed by atoms with Crippen molar-refractivity contribution in [2.75, 3.05) is 0 Å². The summed E-state index contributed by atoms with van der Waals surface area (Å²) in [7, 11) is 0. The molecule has 0 fully saturated rings. The van der Waals surface area contributed by atoms with Crippen molar-refractivity contribution in [1.82, 2.24) is 4.98 Å². The quantitative estimate of drug-likeness (QED) is 0.391. The maximum atomic E-state index is 8.79. The van der Waals surface area contributed by atoms with E-state index in [1.807, 2.05) is 12.1 Å². The zero-order valence-electron chi connectivity index (χ0n) is 11.4. The second kappa shape index (κ2) is 6.43. The Balaban J connectivity index is 2.26. The number of aromatic nitrogens is 1. The van der Waals surface area contributed by atoms with Crippen LogP contribution in [0.4, 0.5) is 0 Å². The SMILES string of the molecule is CC(C)c1ccc(Sc2cccnc2/C(N)=N/O)cc1. The smallest absolute Gasteiger partial charge is 0.189 e. The molecule has 104 valence electrons. The first-order chi connectivity index (χ1) is 9.61. The number of nitrogens with two attached hydrogens (primary N) is 1. The number of benzene rings is 1. The van der Waals surface area contributed by atoms with Crippen LogP contribution in [0.25, 0.3) is 0 Å². The van der Waals surface area contributed by atoms with Crippen LogP contribution in [-0.2, 0) is 0 Å². The van der Waals surface area contributed by atoms with E-state index in [1.54, 1.807) is 18.0 Å². The fourth-order valence-electron chi connectivity index (χ4n) is 1.76. The number of pyridine rings is 1. The molecule has 0 saturated heterocycles. The molecule has 4 nitrogen and oxygen atoms in total. The molecule has 1 heterocycles. The van der Waals surface area contributed by atoms with Crippen LogP contribution < -0.4 is 5.73 Å². The Morgan fingerprint density at radius 2 is 1.95 bits per heavy atom. The van der Waals surface area contributed by atoms with Gasteiger partial charge in [0.2, 0.25) is 0 Å². The van der Waals surface area contributed by atoms with Gasteiger partial charge in [0.15, 0.2) is 5.84 Å². The second-order valence-electron chi connectivity index (χ2n) is 4.66. The van der Waals surface area contributed by atoms with E-state index in [4.69, 9.17) is 10.9 Å². The topological polar surface area (TPSA) is 71.5 Å². The molecule has 0 amide bonds. The summed E-state index contributed by atoms with van der Waals surface area (Å²) in [4.78, 5) is 6.11. The van der Waals surface area contributed by atoms with Gasteiger partial charge in [-0.15, -0.1) is 0 Å². The predicted molar refractivity (Wildman–Crippen MR) is 81.4 cm³/mol. The molecule has 0 saturated carbocycles. The van der Waals surface area contributed by atoms with E-state index in [1.165, 1.54) is 5.56 Å². The average molecular weight is 287 g/mol. The maximum Gasteiger partial charge on any atom is 0.189 e. The molecule has 0 radical (unpaired) electrons. The minimum atomic E-state index is 0.0203. The summed E-state index contributed by atoms with van der Waals surface area (Å²) in [5, 5.41) is 11.8. The zero-order valence-corrected chi connectivity index (χ0v) is 12.3. The largest absolute Gasteiger partial charge is 0.409 e. The monoisotopic (exact) mass is 287 g/mol. The van der Waals surface area contributed by atoms with Crippen LogP contribution in [-0.4, -0.2) is 16.0 Å². The summed E-state index contributed by atoms with van der Waals surface area (Å²) in [6.45, 7) is 4.33. The number of amidine groups is 1. The molecule has 0 aliphatic heterocycles. The van der Waals surface area contributed by atoms with Crippen LogP contribution in [0.15, 0.2) is 57.5 Å². The van der Waals surface area contributed by atoms with Crippen molar-refractivity contribution < 1.29 is 5.21 Å². The Morgan fingerprint density at radius 1 is 1.25 bits per heavy atom. The van der Waals surface area contributed by atoms with Crippen molar-refractivity contribution in [3.63, 3.8) is 0 Å². The number of hydrogen-bond donors (Lipinski definition) is 2. The van der Waals surface area contributed by atoms with Crippen LogP contribution in [0.1, 0.15) is 31.0 Å². The van der Waals surface area contributed by atoms with Gasteiger partial charge in [-0.1, -0.05) is 42.9 Å². The molecule has 2 aromatic rings. The maximum absolute atomic E-state index is 8.79. The average Bonchev–Trinajstić information content (AvgIpc) is 2.47. The molecule has 1 aromatic heterocycles. The van der Waals surface area contributed by atoms with E-state index < -0.39 is 0 Å². The van der Waals surface area contributed by atoms with Gasteiger partial charge >= 0.3 is 0 Å². The summed E-state index contributed by atoms with van der Waals surface area (Å²) in [5.41, 5.74) is 7.43. The molecular formula is C15H17N3OS. The summed E-state index contributed by atoms with van der Waals surface area (Å²) < 4.78 is 0. The van der Waals surface area contributed by atoms with Crippen molar-refractivity contribution >= 4 is 17.6 Å². The molecular weight excluding hydrogens is 270 g/mol. The third-order valence-corrected chi connectivity index (χ3v) is 3.95. The third-order valence-electron chi connectivity index (χ3n) is 2.90. The van der Waals surface area contributed by atoms with Gasteiger partial charge in [0.25, 0.3) is 0 Å². The van der Waals surface area contributed by atoms with Gasteiger partial charge in [0.05, 0.1) is 0 Å². The Hall–Kier alpha value is -2.01. The number of nitrogens with zero attached hydrogens (tertiary/aromatic N) is 2. The fourth-order valence-corrected chi connectivity index (χ4v) is 2.69. The molecule has 2 rings (SSSR count). The molecule has 0 atom stereocenters. The molecule has 0 aliphatic carbocycles. The Morgan fingerprint density at radius 3 is 2.55 bits per heavy atom. The lowest BCUT2D eigenvalue weighted by atomic mass is 10.0. The predicted octanol–water partition coefficient (Wildman–Crippen LogP) is 3.45. The lowest BCUT2D eigenvalue weighted by molar-refractivity contribution is 0.318. The number of hydrogen-bond acceptors (Lipinski definition) is 4. The molecule has 20 heavy (non-hydrogen) atoms. The fraction of sp³-hybridized carbons (Fsp3) is 0.200. The highest BCUT2D eigenvalue weighted by Gasteiger charge is 2.09. The first-order valence-corrected chi connectivity index (χ1v) is 7.14. The van der Waals surface area contributed by atoms with Crippen LogP contribution in [0.2, 0.25) is 0 Å². The summed E-state index contributed by atoms with van der Waals surface area (Å²) in [6, 6.07) is 12.1. The second-order valence-corrected chi connectivity index (χ2v) is 5.78. The third kappa shape index (κ3) is 3.30. The van der Waals surface area contributed by atoms with E-state index in [0.717, 1.165) is 9.79 Å². The van der Waals surface area contributed by atoms with Crippen molar-refractivity contribution in [2.24, 2.45) is 10.9 Å². The van der Waals surface area contributed by atoms with Crippen molar-refractivity contribution in [2.45, 2.75) is 29.6 Å². The summed E-state index contributed by atoms with van der Waals surface area (Å²) in [5.74, 6) is 0.534. The molecule has 0 spiro atoms. The van der Waals surface area contributed by atoms with E-state index in [9.17, 15) is 0 Å². The van der Waals surface area contributed by atoms with Gasteiger partial charge in [0.1, 0.15) is 5.69 Å². The minimum absolute atomic E-state index is 0.0203. The van der Waals surface area contributed by atoms with Crippen molar-refractivity contribution in [1.29, 1.82) is 0 Å². The van der Waals surface area contributed by atoms with Gasteiger partial charge < -0.3 is 10.9 Å². The van der Waals surface area contributed by atoms with Gasteiger partial charge in [-0.2, -0.15) is 0 Å². The van der Waals surface area contributed by atoms with E-state index >= 15 is 0 Å². The normalized spacial score (nSPS) is 11.8. The number of oxime groups is 1. The van der Waals surface area contributed by atoms with Crippen LogP contribution in [0.3, 0.4) is 0 Å². The molecule has 3 N–H and O–H groups in total. The van der Waals surface area contributed by atoms with Gasteiger partial charge in [-0.25, -0.2) is 0 Å². The van der Waals surface area contributed by atoms with Crippen LogP contribution >= 0.6 is 11.8 Å². The molecule has 0 aliphatic rings. The lowest BCUT2D eigenvalue weighted by Crippen LogP contribution is -2.15. The molecule has 0 bridgehead atoms. The van der Waals surface area contributed by atoms with E-state index in [0.29, 0.717) is 11.6 Å². The first kappa shape index (κ1) is 14.4. The highest BCUT2D eigenvalue weighted by Crippen LogP contribution is 2.30. The van der Waals surface area contributed by atoms with Crippen molar-refractivity contribution in [3.8, 4) is 0 Å². The lowest BCUT2D eigenvalue weighted by Gasteiger charge is -2.08. The standard InChI is InChI=1S/C15H17N3OS/c1-10(2)11-5-7-12(8-6-11)20-13-4-3-9-17-14(13)15(16)18-19/h3-10,19H,1-2H3,(H2,16,18). The van der Waals surface area contributed by atoms with Gasteiger partial charge in [-0.05, 0) is 35.7 Å². The van der Waals surface area contributed by atoms with E-state index in [-0.39, 0.29) is 5.84 Å². The Kier molecular flexibility index (Phi) is 4.63.